The highest BCUT2D eigenvalue weighted by Gasteiger charge is 2.40. The number of hydrogen-bond donors (Lipinski definition) is 1. The molecule has 0 aromatic heterocycles. The summed E-state index contributed by atoms with van der Waals surface area (Å²) in [6.45, 7) is 15.2. The minimum Gasteiger partial charge on any atom is -0.543 e. The summed E-state index contributed by atoms with van der Waals surface area (Å²) in [6, 6.07) is 10.2. The lowest BCUT2D eigenvalue weighted by molar-refractivity contribution is 0.455. The minimum absolute atomic E-state index is 0.141. The smallest absolute Gasteiger partial charge is 0.250 e. The first-order valence-electron chi connectivity index (χ1n) is 7.63. The van der Waals surface area contributed by atoms with E-state index in [1.54, 1.807) is 0 Å². The van der Waals surface area contributed by atoms with Crippen LogP contribution in [0.5, 0.6) is 0 Å². The molecular weight excluding hydrogens is 274 g/mol. The van der Waals surface area contributed by atoms with Crippen LogP contribution in [0.3, 0.4) is 0 Å². The van der Waals surface area contributed by atoms with Gasteiger partial charge < -0.3 is 9.84 Å². The minimum atomic E-state index is -1.93. The lowest BCUT2D eigenvalue weighted by atomic mass is 10.0. The second kappa shape index (κ2) is 6.61. The van der Waals surface area contributed by atoms with Crippen LogP contribution < -0.4 is 0 Å². The Hall–Kier alpha value is -1.35. The Morgan fingerprint density at radius 3 is 2.05 bits per heavy atom. The summed E-state index contributed by atoms with van der Waals surface area (Å²) >= 11 is 0. The molecule has 0 radical (unpaired) electrons. The van der Waals surface area contributed by atoms with E-state index >= 15 is 0 Å². The number of hydrogen-bond acceptors (Lipinski definition) is 2. The average Bonchev–Trinajstić information content (AvgIpc) is 2.37. The van der Waals surface area contributed by atoms with Crippen LogP contribution in [0.4, 0.5) is 0 Å². The normalized spacial score (nSPS) is 13.7. The summed E-state index contributed by atoms with van der Waals surface area (Å²) < 4.78 is 6.58. The Labute approximate surface area is 130 Å². The molecule has 0 heterocycles. The molecule has 0 aliphatic carbocycles. The van der Waals surface area contributed by atoms with E-state index in [0.717, 1.165) is 23.3 Å². The Morgan fingerprint density at radius 1 is 1.14 bits per heavy atom. The first-order valence-corrected chi connectivity index (χ1v) is 10.5. The second-order valence-electron chi connectivity index (χ2n) is 7.01. The number of nitrogens with one attached hydrogen (secondary N) is 1. The molecule has 0 atom stereocenters. The Balaban J connectivity index is 3.39. The predicted molar refractivity (Wildman–Crippen MR) is 95.3 cm³/mol. The van der Waals surface area contributed by atoms with Crippen LogP contribution >= 0.6 is 0 Å². The highest BCUT2D eigenvalue weighted by molar-refractivity contribution is 6.74. The van der Waals surface area contributed by atoms with Crippen molar-refractivity contribution in [3.63, 3.8) is 0 Å². The van der Waals surface area contributed by atoms with E-state index in [0.29, 0.717) is 5.71 Å². The number of rotatable bonds is 5. The molecule has 1 aromatic rings. The van der Waals surface area contributed by atoms with Gasteiger partial charge in [0.05, 0.1) is 0 Å². The van der Waals surface area contributed by atoms with Crippen LogP contribution in [-0.4, -0.2) is 14.0 Å². The number of allylic oxidation sites excluding steroid dienone is 1. The Morgan fingerprint density at radius 2 is 1.67 bits per heavy atom. The maximum Gasteiger partial charge on any atom is 0.250 e. The third-order valence-corrected chi connectivity index (χ3v) is 8.61. The van der Waals surface area contributed by atoms with Gasteiger partial charge in [-0.2, -0.15) is 0 Å². The summed E-state index contributed by atoms with van der Waals surface area (Å²) in [7, 11) is -1.93. The van der Waals surface area contributed by atoms with E-state index in [1.165, 1.54) is 0 Å². The molecule has 0 amide bonds. The molecule has 1 N–H and O–H groups in total. The van der Waals surface area contributed by atoms with E-state index in [9.17, 15) is 0 Å². The van der Waals surface area contributed by atoms with Crippen LogP contribution in [-0.2, 0) is 4.43 Å². The zero-order valence-corrected chi connectivity index (χ0v) is 15.5. The summed E-state index contributed by atoms with van der Waals surface area (Å²) in [4.78, 5) is 0. The van der Waals surface area contributed by atoms with E-state index in [-0.39, 0.29) is 5.04 Å². The first kappa shape index (κ1) is 17.7. The van der Waals surface area contributed by atoms with E-state index in [4.69, 9.17) is 9.84 Å². The summed E-state index contributed by atoms with van der Waals surface area (Å²) in [5.41, 5.74) is 2.67. The van der Waals surface area contributed by atoms with Crippen LogP contribution in [0.15, 0.2) is 35.9 Å². The van der Waals surface area contributed by atoms with Crippen molar-refractivity contribution in [2.24, 2.45) is 0 Å². The van der Waals surface area contributed by atoms with Crippen LogP contribution in [0.25, 0.3) is 5.76 Å². The number of benzene rings is 1. The van der Waals surface area contributed by atoms with Gasteiger partial charge in [-0.25, -0.2) is 0 Å². The van der Waals surface area contributed by atoms with E-state index in [2.05, 4.69) is 52.9 Å². The zero-order chi connectivity index (χ0) is 16.3. The van der Waals surface area contributed by atoms with Gasteiger partial charge in [0.15, 0.2) is 0 Å². The average molecular weight is 304 g/mol. The first-order chi connectivity index (χ1) is 9.60. The van der Waals surface area contributed by atoms with Crippen LogP contribution in [0.2, 0.25) is 18.1 Å². The molecule has 0 spiro atoms. The highest BCUT2D eigenvalue weighted by Crippen LogP contribution is 2.40. The van der Waals surface area contributed by atoms with Crippen LogP contribution in [0.1, 0.15) is 46.6 Å². The molecule has 2 nitrogen and oxygen atoms in total. The van der Waals surface area contributed by atoms with E-state index < -0.39 is 8.32 Å². The lowest BCUT2D eigenvalue weighted by Gasteiger charge is -2.38. The van der Waals surface area contributed by atoms with Gasteiger partial charge in [-0.15, -0.1) is 0 Å². The van der Waals surface area contributed by atoms with Crippen molar-refractivity contribution in [2.45, 2.75) is 59.2 Å². The molecule has 0 fully saturated rings. The molecule has 21 heavy (non-hydrogen) atoms. The van der Waals surface area contributed by atoms with Crippen molar-refractivity contribution in [1.82, 2.24) is 0 Å². The third kappa shape index (κ3) is 4.30. The van der Waals surface area contributed by atoms with E-state index in [1.807, 2.05) is 25.1 Å². The molecule has 0 bridgehead atoms. The molecule has 1 aromatic carbocycles. The standard InChI is InChI=1S/C18H29NOSi/c1-8-16(14(2)19)17(15-12-10-9-11-13-15)20-21(6,7)18(3,4)5/h9-13,19H,8H2,1-7H3/b17-16-,19-14?. The Bertz CT molecular complexity index is 524. The fraction of sp³-hybridized carbons (Fsp3) is 0.500. The monoisotopic (exact) mass is 303 g/mol. The molecular formula is C18H29NOSi. The van der Waals surface area contributed by atoms with Gasteiger partial charge in [0, 0.05) is 16.8 Å². The third-order valence-electron chi connectivity index (χ3n) is 4.28. The van der Waals surface area contributed by atoms with Crippen molar-refractivity contribution >= 4 is 19.8 Å². The SMILES string of the molecule is CC/C(C(C)=N)=C(/O[Si](C)(C)C(C)(C)C)c1ccccc1. The molecule has 0 unspecified atom stereocenters. The molecule has 0 aliphatic rings. The maximum atomic E-state index is 8.07. The quantitative estimate of drug-likeness (QED) is 0.412. The Kier molecular flexibility index (Phi) is 5.57. The van der Waals surface area contributed by atoms with Crippen molar-refractivity contribution in [3.05, 3.63) is 41.5 Å². The highest BCUT2D eigenvalue weighted by atomic mass is 28.4. The van der Waals surface area contributed by atoms with Crippen molar-refractivity contribution in [1.29, 1.82) is 5.41 Å². The zero-order valence-electron chi connectivity index (χ0n) is 14.5. The van der Waals surface area contributed by atoms with Crippen molar-refractivity contribution < 1.29 is 4.43 Å². The van der Waals surface area contributed by atoms with Gasteiger partial charge in [0.2, 0.25) is 0 Å². The summed E-state index contributed by atoms with van der Waals surface area (Å²) in [6.07, 6.45) is 0.814. The molecule has 0 saturated heterocycles. The molecule has 3 heteroatoms. The van der Waals surface area contributed by atoms with Gasteiger partial charge in [-0.3, -0.25) is 0 Å². The fourth-order valence-corrected chi connectivity index (χ4v) is 2.95. The fourth-order valence-electron chi connectivity index (χ4n) is 1.89. The predicted octanol–water partition coefficient (Wildman–Crippen LogP) is 5.87. The largest absolute Gasteiger partial charge is 0.543 e. The lowest BCUT2D eigenvalue weighted by Crippen LogP contribution is -2.40. The van der Waals surface area contributed by atoms with Gasteiger partial charge in [0.25, 0.3) is 8.32 Å². The summed E-state index contributed by atoms with van der Waals surface area (Å²) in [5.74, 6) is 0.900. The molecule has 0 saturated carbocycles. The van der Waals surface area contributed by atoms with Crippen LogP contribution in [0, 0.1) is 5.41 Å². The maximum absolute atomic E-state index is 8.07. The molecule has 1 rings (SSSR count). The van der Waals surface area contributed by atoms with Gasteiger partial charge in [-0.05, 0) is 31.5 Å². The van der Waals surface area contributed by atoms with Crippen molar-refractivity contribution in [2.75, 3.05) is 0 Å². The topological polar surface area (TPSA) is 33.1 Å². The molecule has 0 aliphatic heterocycles. The van der Waals surface area contributed by atoms with Crippen molar-refractivity contribution in [3.8, 4) is 0 Å². The summed E-state index contributed by atoms with van der Waals surface area (Å²) in [5, 5.41) is 8.21. The van der Waals surface area contributed by atoms with Gasteiger partial charge in [0.1, 0.15) is 5.76 Å². The van der Waals surface area contributed by atoms with Gasteiger partial charge >= 0.3 is 0 Å². The van der Waals surface area contributed by atoms with Gasteiger partial charge in [-0.1, -0.05) is 58.0 Å². The second-order valence-corrected chi connectivity index (χ2v) is 11.7. The molecule has 116 valence electrons.